The molecule has 1 rings (SSSR count). The second-order valence-electron chi connectivity index (χ2n) is 4.27. The average molecular weight is 166 g/mol. The van der Waals surface area contributed by atoms with Gasteiger partial charge in [0.1, 0.15) is 11.5 Å². The van der Waals surface area contributed by atoms with E-state index < -0.39 is 0 Å². The van der Waals surface area contributed by atoms with Gasteiger partial charge in [-0.3, -0.25) is 0 Å². The van der Waals surface area contributed by atoms with E-state index in [1.807, 2.05) is 0 Å². The number of hydrogen-bond acceptors (Lipinski definition) is 1. The molecule has 0 saturated heterocycles. The molecule has 0 N–H and O–H groups in total. The van der Waals surface area contributed by atoms with Gasteiger partial charge in [-0.15, -0.1) is 0 Å². The molecule has 0 saturated carbocycles. The van der Waals surface area contributed by atoms with Crippen molar-refractivity contribution in [2.75, 3.05) is 0 Å². The molecule has 0 aliphatic rings. The van der Waals surface area contributed by atoms with Gasteiger partial charge in [0.05, 0.1) is 0 Å². The lowest BCUT2D eigenvalue weighted by Crippen LogP contribution is -2.09. The van der Waals surface area contributed by atoms with Crippen LogP contribution in [0, 0.1) is 0 Å². The molecule has 0 amide bonds. The first-order chi connectivity index (χ1) is 5.54. The minimum atomic E-state index is 0.145. The topological polar surface area (TPSA) is 13.1 Å². The first-order valence-corrected chi connectivity index (χ1v) is 4.63. The zero-order chi connectivity index (χ0) is 9.19. The molecule has 0 aliphatic carbocycles. The van der Waals surface area contributed by atoms with Gasteiger partial charge in [0.2, 0.25) is 0 Å². The summed E-state index contributed by atoms with van der Waals surface area (Å²) in [4.78, 5) is 0. The van der Waals surface area contributed by atoms with Crippen molar-refractivity contribution in [3.05, 3.63) is 23.7 Å². The molecule has 1 nitrogen and oxygen atoms in total. The molecule has 0 atom stereocenters. The molecule has 0 fully saturated rings. The summed E-state index contributed by atoms with van der Waals surface area (Å²) in [5.41, 5.74) is 0.145. The van der Waals surface area contributed by atoms with E-state index in [1.54, 1.807) is 0 Å². The van der Waals surface area contributed by atoms with Crippen molar-refractivity contribution < 1.29 is 4.42 Å². The first kappa shape index (κ1) is 9.37. The Balaban J connectivity index is 2.77. The van der Waals surface area contributed by atoms with Crippen molar-refractivity contribution in [2.24, 2.45) is 0 Å². The molecule has 0 radical (unpaired) electrons. The van der Waals surface area contributed by atoms with E-state index in [1.165, 1.54) is 0 Å². The van der Waals surface area contributed by atoms with Crippen molar-refractivity contribution >= 4 is 0 Å². The molecule has 0 unspecified atom stereocenters. The summed E-state index contributed by atoms with van der Waals surface area (Å²) in [6, 6.07) is 4.18. The third-order valence-corrected chi connectivity index (χ3v) is 1.90. The van der Waals surface area contributed by atoms with Crippen LogP contribution in [0.15, 0.2) is 16.5 Å². The monoisotopic (exact) mass is 166 g/mol. The standard InChI is InChI=1S/C11H18O/c1-5-6-9-7-8-10(12-9)11(2,3)4/h7-8H,5-6H2,1-4H3. The SMILES string of the molecule is CCCc1ccc(C(C)(C)C)o1. The van der Waals surface area contributed by atoms with E-state index in [2.05, 4.69) is 39.8 Å². The predicted octanol–water partition coefficient (Wildman–Crippen LogP) is 3.53. The fourth-order valence-electron chi connectivity index (χ4n) is 1.16. The predicted molar refractivity (Wildman–Crippen MR) is 51.4 cm³/mol. The van der Waals surface area contributed by atoms with Crippen LogP contribution in [0.1, 0.15) is 45.6 Å². The maximum absolute atomic E-state index is 5.69. The maximum atomic E-state index is 5.69. The van der Waals surface area contributed by atoms with Crippen LogP contribution in [-0.4, -0.2) is 0 Å². The highest BCUT2D eigenvalue weighted by molar-refractivity contribution is 5.14. The van der Waals surface area contributed by atoms with Crippen molar-refractivity contribution in [3.63, 3.8) is 0 Å². The quantitative estimate of drug-likeness (QED) is 0.655. The molecule has 0 aromatic carbocycles. The molecular formula is C11H18O. The summed E-state index contributed by atoms with van der Waals surface area (Å²) in [6.07, 6.45) is 2.20. The third-order valence-electron chi connectivity index (χ3n) is 1.90. The van der Waals surface area contributed by atoms with Crippen LogP contribution in [0.25, 0.3) is 0 Å². The first-order valence-electron chi connectivity index (χ1n) is 4.63. The van der Waals surface area contributed by atoms with Crippen LogP contribution in [0.5, 0.6) is 0 Å². The second-order valence-corrected chi connectivity index (χ2v) is 4.27. The Hall–Kier alpha value is -0.720. The third kappa shape index (κ3) is 2.13. The number of furan rings is 1. The molecule has 1 heterocycles. The Bertz CT molecular complexity index is 240. The van der Waals surface area contributed by atoms with Crippen molar-refractivity contribution in [1.29, 1.82) is 0 Å². The lowest BCUT2D eigenvalue weighted by molar-refractivity contribution is 0.385. The summed E-state index contributed by atoms with van der Waals surface area (Å²) >= 11 is 0. The molecular weight excluding hydrogens is 148 g/mol. The largest absolute Gasteiger partial charge is 0.466 e. The highest BCUT2D eigenvalue weighted by Gasteiger charge is 2.17. The van der Waals surface area contributed by atoms with Gasteiger partial charge in [-0.25, -0.2) is 0 Å². The van der Waals surface area contributed by atoms with Gasteiger partial charge in [0.15, 0.2) is 0 Å². The Morgan fingerprint density at radius 1 is 1.25 bits per heavy atom. The van der Waals surface area contributed by atoms with Gasteiger partial charge >= 0.3 is 0 Å². The van der Waals surface area contributed by atoms with Crippen molar-refractivity contribution in [2.45, 2.75) is 46.0 Å². The maximum Gasteiger partial charge on any atom is 0.109 e. The summed E-state index contributed by atoms with van der Waals surface area (Å²) in [5.74, 6) is 2.20. The van der Waals surface area contributed by atoms with Gasteiger partial charge in [0.25, 0.3) is 0 Å². The van der Waals surface area contributed by atoms with E-state index in [9.17, 15) is 0 Å². The van der Waals surface area contributed by atoms with Crippen LogP contribution < -0.4 is 0 Å². The van der Waals surface area contributed by atoms with Crippen molar-refractivity contribution in [3.8, 4) is 0 Å². The van der Waals surface area contributed by atoms with Crippen LogP contribution >= 0.6 is 0 Å². The fourth-order valence-corrected chi connectivity index (χ4v) is 1.16. The zero-order valence-corrected chi connectivity index (χ0v) is 8.48. The van der Waals surface area contributed by atoms with E-state index in [0.717, 1.165) is 24.4 Å². The van der Waals surface area contributed by atoms with E-state index in [4.69, 9.17) is 4.42 Å². The molecule has 1 aromatic heterocycles. The smallest absolute Gasteiger partial charge is 0.109 e. The summed E-state index contributed by atoms with van der Waals surface area (Å²) in [6.45, 7) is 8.67. The molecule has 0 spiro atoms. The minimum absolute atomic E-state index is 0.145. The van der Waals surface area contributed by atoms with Gasteiger partial charge in [-0.1, -0.05) is 27.7 Å². The Kier molecular flexibility index (Phi) is 2.61. The molecule has 1 heteroatoms. The Morgan fingerprint density at radius 2 is 1.92 bits per heavy atom. The molecule has 12 heavy (non-hydrogen) atoms. The second kappa shape index (κ2) is 3.34. The molecule has 0 aliphatic heterocycles. The van der Waals surface area contributed by atoms with Gasteiger partial charge in [0, 0.05) is 11.8 Å². The lowest BCUT2D eigenvalue weighted by Gasteiger charge is -2.14. The van der Waals surface area contributed by atoms with Gasteiger partial charge in [-0.05, 0) is 18.6 Å². The number of aryl methyl sites for hydroxylation is 1. The zero-order valence-electron chi connectivity index (χ0n) is 8.48. The normalized spacial score (nSPS) is 12.0. The van der Waals surface area contributed by atoms with Gasteiger partial charge < -0.3 is 4.42 Å². The highest BCUT2D eigenvalue weighted by Crippen LogP contribution is 2.24. The minimum Gasteiger partial charge on any atom is -0.466 e. The van der Waals surface area contributed by atoms with Crippen LogP contribution in [0.3, 0.4) is 0 Å². The number of rotatable bonds is 2. The highest BCUT2D eigenvalue weighted by atomic mass is 16.3. The van der Waals surface area contributed by atoms with Crippen LogP contribution in [0.2, 0.25) is 0 Å². The van der Waals surface area contributed by atoms with Crippen LogP contribution in [0.4, 0.5) is 0 Å². The molecule has 1 aromatic rings. The van der Waals surface area contributed by atoms with Crippen molar-refractivity contribution in [1.82, 2.24) is 0 Å². The lowest BCUT2D eigenvalue weighted by atomic mass is 9.94. The summed E-state index contributed by atoms with van der Waals surface area (Å²) < 4.78 is 5.69. The summed E-state index contributed by atoms with van der Waals surface area (Å²) in [5, 5.41) is 0. The van der Waals surface area contributed by atoms with E-state index >= 15 is 0 Å². The Labute approximate surface area is 74.8 Å². The van der Waals surface area contributed by atoms with Gasteiger partial charge in [-0.2, -0.15) is 0 Å². The summed E-state index contributed by atoms with van der Waals surface area (Å²) in [7, 11) is 0. The number of hydrogen-bond donors (Lipinski definition) is 0. The molecule has 68 valence electrons. The fraction of sp³-hybridized carbons (Fsp3) is 0.636. The average Bonchev–Trinajstić information content (AvgIpc) is 2.35. The Morgan fingerprint density at radius 3 is 2.33 bits per heavy atom. The van der Waals surface area contributed by atoms with E-state index in [0.29, 0.717) is 0 Å². The molecule has 0 bridgehead atoms. The van der Waals surface area contributed by atoms with Crippen LogP contribution in [-0.2, 0) is 11.8 Å². The van der Waals surface area contributed by atoms with E-state index in [-0.39, 0.29) is 5.41 Å².